The van der Waals surface area contributed by atoms with Gasteiger partial charge in [-0.3, -0.25) is 0 Å². The van der Waals surface area contributed by atoms with Gasteiger partial charge in [0.25, 0.3) is 0 Å². The maximum atomic E-state index is 5.94. The van der Waals surface area contributed by atoms with Gasteiger partial charge in [0, 0.05) is 10.8 Å². The molecule has 0 unspecified atom stereocenters. The monoisotopic (exact) mass is 376 g/mol. The van der Waals surface area contributed by atoms with Gasteiger partial charge in [-0.15, -0.1) is 5.10 Å². The first-order valence-corrected chi connectivity index (χ1v) is 8.98. The Kier molecular flexibility index (Phi) is 5.78. The first-order chi connectivity index (χ1) is 12.2. The molecule has 0 aliphatic carbocycles. The highest BCUT2D eigenvalue weighted by Gasteiger charge is 2.13. The van der Waals surface area contributed by atoms with E-state index in [4.69, 9.17) is 21.1 Å². The third kappa shape index (κ3) is 4.43. The summed E-state index contributed by atoms with van der Waals surface area (Å²) in [5.74, 6) is 2.16. The van der Waals surface area contributed by atoms with Crippen LogP contribution in [0.1, 0.15) is 5.56 Å². The van der Waals surface area contributed by atoms with Gasteiger partial charge >= 0.3 is 0 Å². The van der Waals surface area contributed by atoms with Gasteiger partial charge in [-0.25, -0.2) is 0 Å². The van der Waals surface area contributed by atoms with Crippen LogP contribution in [0.15, 0.2) is 47.6 Å². The van der Waals surface area contributed by atoms with Gasteiger partial charge in [-0.05, 0) is 53.2 Å². The summed E-state index contributed by atoms with van der Waals surface area (Å²) in [5.41, 5.74) is 1.91. The summed E-state index contributed by atoms with van der Waals surface area (Å²) in [5, 5.41) is 13.3. The number of tetrazole rings is 1. The van der Waals surface area contributed by atoms with Gasteiger partial charge in [0.05, 0.1) is 13.7 Å². The Hall–Kier alpha value is -2.25. The zero-order valence-electron chi connectivity index (χ0n) is 13.8. The molecule has 3 rings (SSSR count). The van der Waals surface area contributed by atoms with E-state index in [0.29, 0.717) is 22.5 Å². The van der Waals surface area contributed by atoms with Crippen LogP contribution in [0, 0.1) is 6.92 Å². The number of aromatic nitrogens is 4. The minimum Gasteiger partial charge on any atom is -0.494 e. The van der Waals surface area contributed by atoms with Gasteiger partial charge in [0.15, 0.2) is 0 Å². The number of hydrogen-bond acceptors (Lipinski definition) is 6. The largest absolute Gasteiger partial charge is 0.494 e. The van der Waals surface area contributed by atoms with E-state index in [0.717, 1.165) is 22.7 Å². The fraction of sp³-hybridized carbons (Fsp3) is 0.235. The van der Waals surface area contributed by atoms with Crippen LogP contribution in [-0.2, 0) is 0 Å². The molecule has 2 aromatic carbocycles. The molecule has 0 saturated heterocycles. The molecule has 1 heterocycles. The van der Waals surface area contributed by atoms with Crippen molar-refractivity contribution < 1.29 is 9.47 Å². The molecule has 0 N–H and O–H groups in total. The summed E-state index contributed by atoms with van der Waals surface area (Å²) in [4.78, 5) is 0. The lowest BCUT2D eigenvalue weighted by Crippen LogP contribution is -2.05. The van der Waals surface area contributed by atoms with Crippen molar-refractivity contribution in [3.63, 3.8) is 0 Å². The van der Waals surface area contributed by atoms with Crippen LogP contribution in [0.25, 0.3) is 5.69 Å². The molecular weight excluding hydrogens is 360 g/mol. The van der Waals surface area contributed by atoms with Crippen LogP contribution < -0.4 is 9.47 Å². The number of methoxy groups -OCH3 is 1. The van der Waals surface area contributed by atoms with E-state index in [2.05, 4.69) is 15.5 Å². The second-order valence-electron chi connectivity index (χ2n) is 5.20. The Labute approximate surface area is 155 Å². The van der Waals surface area contributed by atoms with E-state index < -0.39 is 0 Å². The van der Waals surface area contributed by atoms with E-state index in [9.17, 15) is 0 Å². The number of ether oxygens (including phenoxy) is 2. The maximum Gasteiger partial charge on any atom is 0.214 e. The van der Waals surface area contributed by atoms with E-state index in [-0.39, 0.29) is 0 Å². The highest BCUT2D eigenvalue weighted by atomic mass is 35.5. The molecule has 0 spiro atoms. The molecule has 0 amide bonds. The average molecular weight is 377 g/mol. The first kappa shape index (κ1) is 17.6. The minimum absolute atomic E-state index is 0.517. The van der Waals surface area contributed by atoms with E-state index >= 15 is 0 Å². The Morgan fingerprint density at radius 1 is 1.20 bits per heavy atom. The highest BCUT2D eigenvalue weighted by molar-refractivity contribution is 7.99. The summed E-state index contributed by atoms with van der Waals surface area (Å²) in [6.07, 6.45) is 0. The summed E-state index contributed by atoms with van der Waals surface area (Å²) >= 11 is 7.45. The third-order valence-corrected chi connectivity index (χ3v) is 4.50. The molecule has 25 heavy (non-hydrogen) atoms. The lowest BCUT2D eigenvalue weighted by Gasteiger charge is -2.10. The molecule has 6 nitrogen and oxygen atoms in total. The van der Waals surface area contributed by atoms with Gasteiger partial charge in [-0.1, -0.05) is 35.5 Å². The van der Waals surface area contributed by atoms with Crippen LogP contribution in [0.5, 0.6) is 11.5 Å². The number of rotatable bonds is 7. The van der Waals surface area contributed by atoms with Crippen molar-refractivity contribution in [3.8, 4) is 17.2 Å². The summed E-state index contributed by atoms with van der Waals surface area (Å²) in [6.45, 7) is 2.53. The standard InChI is InChI=1S/C17H17ClN4O2S/c1-12-6-7-16(23-2)15(10-12)22-17(19-20-21-22)25-9-8-24-14-5-3-4-13(18)11-14/h3-7,10-11H,8-9H2,1-2H3. The molecule has 0 saturated carbocycles. The average Bonchev–Trinajstić information content (AvgIpc) is 3.07. The van der Waals surface area contributed by atoms with Crippen molar-refractivity contribution in [3.05, 3.63) is 53.1 Å². The number of thioether (sulfide) groups is 1. The molecule has 8 heteroatoms. The summed E-state index contributed by atoms with van der Waals surface area (Å²) in [6, 6.07) is 13.2. The zero-order valence-corrected chi connectivity index (χ0v) is 15.4. The summed E-state index contributed by atoms with van der Waals surface area (Å²) < 4.78 is 12.8. The molecule has 3 aromatic rings. The van der Waals surface area contributed by atoms with Gasteiger partial charge in [0.1, 0.15) is 17.2 Å². The topological polar surface area (TPSA) is 62.1 Å². The Balaban J connectivity index is 1.65. The maximum absolute atomic E-state index is 5.94. The number of nitrogens with zero attached hydrogens (tertiary/aromatic N) is 4. The fourth-order valence-corrected chi connectivity index (χ4v) is 3.12. The molecule has 0 aliphatic heterocycles. The zero-order chi connectivity index (χ0) is 17.6. The molecule has 0 bridgehead atoms. The molecule has 0 fully saturated rings. The summed E-state index contributed by atoms with van der Waals surface area (Å²) in [7, 11) is 1.63. The lowest BCUT2D eigenvalue weighted by molar-refractivity contribution is 0.344. The second-order valence-corrected chi connectivity index (χ2v) is 6.70. The third-order valence-electron chi connectivity index (χ3n) is 3.38. The van der Waals surface area contributed by atoms with Crippen LogP contribution >= 0.6 is 23.4 Å². The smallest absolute Gasteiger partial charge is 0.214 e. The van der Waals surface area contributed by atoms with Crippen molar-refractivity contribution in [2.45, 2.75) is 12.1 Å². The molecule has 0 atom stereocenters. The Morgan fingerprint density at radius 3 is 2.88 bits per heavy atom. The van der Waals surface area contributed by atoms with Crippen LogP contribution in [0.3, 0.4) is 0 Å². The Bertz CT molecular complexity index is 856. The fourth-order valence-electron chi connectivity index (χ4n) is 2.23. The van der Waals surface area contributed by atoms with Crippen molar-refractivity contribution >= 4 is 23.4 Å². The van der Waals surface area contributed by atoms with Crippen LogP contribution in [-0.4, -0.2) is 39.7 Å². The molecule has 130 valence electrons. The van der Waals surface area contributed by atoms with Crippen molar-refractivity contribution in [1.82, 2.24) is 20.2 Å². The number of aryl methyl sites for hydroxylation is 1. The lowest BCUT2D eigenvalue weighted by atomic mass is 10.2. The van der Waals surface area contributed by atoms with Crippen LogP contribution in [0.4, 0.5) is 0 Å². The number of halogens is 1. The number of hydrogen-bond donors (Lipinski definition) is 0. The quantitative estimate of drug-likeness (QED) is 0.461. The second kappa shape index (κ2) is 8.22. The molecule has 0 aliphatic rings. The minimum atomic E-state index is 0.517. The normalized spacial score (nSPS) is 10.7. The van der Waals surface area contributed by atoms with Crippen molar-refractivity contribution in [1.29, 1.82) is 0 Å². The molecular formula is C17H17ClN4O2S. The predicted molar refractivity (Wildman–Crippen MR) is 98.1 cm³/mol. The number of benzene rings is 2. The predicted octanol–water partition coefficient (Wildman–Crippen LogP) is 3.80. The van der Waals surface area contributed by atoms with Crippen molar-refractivity contribution in [2.24, 2.45) is 0 Å². The van der Waals surface area contributed by atoms with E-state index in [1.165, 1.54) is 11.8 Å². The molecule has 0 radical (unpaired) electrons. The van der Waals surface area contributed by atoms with Crippen LogP contribution in [0.2, 0.25) is 5.02 Å². The SMILES string of the molecule is COc1ccc(C)cc1-n1nnnc1SCCOc1cccc(Cl)c1. The van der Waals surface area contributed by atoms with Crippen molar-refractivity contribution in [2.75, 3.05) is 19.5 Å². The first-order valence-electron chi connectivity index (χ1n) is 7.62. The van der Waals surface area contributed by atoms with Gasteiger partial charge < -0.3 is 9.47 Å². The van der Waals surface area contributed by atoms with Gasteiger partial charge in [-0.2, -0.15) is 4.68 Å². The van der Waals surface area contributed by atoms with E-state index in [1.54, 1.807) is 17.9 Å². The van der Waals surface area contributed by atoms with Gasteiger partial charge in [0.2, 0.25) is 5.16 Å². The molecule has 1 aromatic heterocycles. The highest BCUT2D eigenvalue weighted by Crippen LogP contribution is 2.27. The Morgan fingerprint density at radius 2 is 2.08 bits per heavy atom. The van der Waals surface area contributed by atoms with E-state index in [1.807, 2.05) is 43.3 Å².